The number of carbonyl (C=O) groups is 1. The molecule has 0 spiro atoms. The number of aromatic nitrogens is 5. The maximum atomic E-state index is 12.4. The Kier molecular flexibility index (Phi) is 3.97. The van der Waals surface area contributed by atoms with E-state index in [1.807, 2.05) is 10.9 Å². The zero-order chi connectivity index (χ0) is 16.5. The van der Waals surface area contributed by atoms with E-state index in [2.05, 4.69) is 37.3 Å². The topological polar surface area (TPSA) is 88.8 Å². The molecule has 8 nitrogen and oxygen atoms in total. The van der Waals surface area contributed by atoms with Crippen LogP contribution in [0.5, 0.6) is 0 Å². The van der Waals surface area contributed by atoms with Gasteiger partial charge in [0.1, 0.15) is 18.0 Å². The molecule has 2 aliphatic rings. The molecule has 1 unspecified atom stereocenters. The summed E-state index contributed by atoms with van der Waals surface area (Å²) in [4.78, 5) is 27.8. The second-order valence-electron chi connectivity index (χ2n) is 6.56. The van der Waals surface area contributed by atoms with Crippen molar-refractivity contribution < 1.29 is 4.79 Å². The van der Waals surface area contributed by atoms with E-state index in [-0.39, 0.29) is 11.8 Å². The molecule has 2 aromatic rings. The Morgan fingerprint density at radius 1 is 1.38 bits per heavy atom. The highest BCUT2D eigenvalue weighted by atomic mass is 16.1. The Balaban J connectivity index is 1.36. The normalized spacial score (nSPS) is 20.3. The highest BCUT2D eigenvalue weighted by Gasteiger charge is 2.25. The fourth-order valence-corrected chi connectivity index (χ4v) is 3.35. The van der Waals surface area contributed by atoms with Gasteiger partial charge in [0.15, 0.2) is 0 Å². The maximum absolute atomic E-state index is 12.4. The van der Waals surface area contributed by atoms with E-state index < -0.39 is 0 Å². The Hall–Kier alpha value is -2.35. The van der Waals surface area contributed by atoms with E-state index in [1.54, 1.807) is 6.33 Å². The highest BCUT2D eigenvalue weighted by molar-refractivity contribution is 5.78. The highest BCUT2D eigenvalue weighted by Crippen LogP contribution is 2.18. The number of carbonyl (C=O) groups excluding carboxylic acids is 1. The van der Waals surface area contributed by atoms with E-state index in [4.69, 9.17) is 0 Å². The largest absolute Gasteiger partial charge is 0.349 e. The van der Waals surface area contributed by atoms with Crippen molar-refractivity contribution in [3.63, 3.8) is 0 Å². The minimum atomic E-state index is -0.0644. The van der Waals surface area contributed by atoms with E-state index >= 15 is 0 Å². The summed E-state index contributed by atoms with van der Waals surface area (Å²) in [6.45, 7) is 2.88. The van der Waals surface area contributed by atoms with E-state index in [0.717, 1.165) is 43.9 Å². The first-order chi connectivity index (χ1) is 11.7. The number of fused-ring (bicyclic) bond motifs is 2. The van der Waals surface area contributed by atoms with Crippen LogP contribution in [0.2, 0.25) is 0 Å². The molecule has 4 rings (SSSR count). The molecular formula is C16H21N7O. The number of nitrogens with zero attached hydrogens (tertiary/aromatic N) is 6. The molecule has 2 aromatic heterocycles. The molecule has 0 saturated heterocycles. The number of rotatable bonds is 3. The molecule has 1 atom stereocenters. The van der Waals surface area contributed by atoms with Crippen molar-refractivity contribution >= 4 is 5.91 Å². The van der Waals surface area contributed by atoms with Crippen molar-refractivity contribution in [3.8, 4) is 0 Å². The molecule has 0 aliphatic carbocycles. The molecule has 1 amide bonds. The van der Waals surface area contributed by atoms with Crippen molar-refractivity contribution in [2.24, 2.45) is 5.92 Å². The van der Waals surface area contributed by atoms with Gasteiger partial charge in [-0.1, -0.05) is 0 Å². The van der Waals surface area contributed by atoms with Gasteiger partial charge < -0.3 is 10.2 Å². The van der Waals surface area contributed by atoms with Gasteiger partial charge in [-0.3, -0.25) is 4.79 Å². The van der Waals surface area contributed by atoms with E-state index in [0.29, 0.717) is 18.9 Å². The zero-order valence-electron chi connectivity index (χ0n) is 13.8. The van der Waals surface area contributed by atoms with Gasteiger partial charge in [-0.2, -0.15) is 5.10 Å². The maximum Gasteiger partial charge on any atom is 0.225 e. The summed E-state index contributed by atoms with van der Waals surface area (Å²) in [6, 6.07) is 0. The van der Waals surface area contributed by atoms with Crippen LogP contribution in [0.25, 0.3) is 0 Å². The summed E-state index contributed by atoms with van der Waals surface area (Å²) in [5.74, 6) is 1.62. The van der Waals surface area contributed by atoms with Crippen LogP contribution < -0.4 is 5.32 Å². The van der Waals surface area contributed by atoms with Gasteiger partial charge in [-0.15, -0.1) is 0 Å². The molecule has 8 heteroatoms. The number of nitrogens with one attached hydrogen (secondary N) is 1. The van der Waals surface area contributed by atoms with Gasteiger partial charge in [0.25, 0.3) is 0 Å². The number of hydrogen-bond donors (Lipinski definition) is 1. The standard InChI is InChI=1S/C16H21N7O/c1-22-5-4-13-12(8-22)6-17-14(21-13)7-18-16(24)11-2-3-15-19-10-20-23(15)9-11/h6,10-11H,2-5,7-9H2,1H3,(H,18,24). The summed E-state index contributed by atoms with van der Waals surface area (Å²) in [5.41, 5.74) is 2.29. The summed E-state index contributed by atoms with van der Waals surface area (Å²) in [5, 5.41) is 7.13. The van der Waals surface area contributed by atoms with Gasteiger partial charge in [-0.05, 0) is 13.5 Å². The Morgan fingerprint density at radius 2 is 2.29 bits per heavy atom. The third-order valence-corrected chi connectivity index (χ3v) is 4.77. The molecule has 0 fully saturated rings. The lowest BCUT2D eigenvalue weighted by Gasteiger charge is -2.24. The molecule has 126 valence electrons. The van der Waals surface area contributed by atoms with Crippen LogP contribution in [0.3, 0.4) is 0 Å². The van der Waals surface area contributed by atoms with Crippen molar-refractivity contribution in [2.45, 2.75) is 38.9 Å². The van der Waals surface area contributed by atoms with Crippen LogP contribution in [0, 0.1) is 5.92 Å². The number of hydrogen-bond acceptors (Lipinski definition) is 6. The molecule has 0 radical (unpaired) electrons. The average Bonchev–Trinajstić information content (AvgIpc) is 3.07. The Morgan fingerprint density at radius 3 is 3.21 bits per heavy atom. The lowest BCUT2D eigenvalue weighted by atomic mass is 9.99. The minimum absolute atomic E-state index is 0.0391. The lowest BCUT2D eigenvalue weighted by Crippen LogP contribution is -2.36. The van der Waals surface area contributed by atoms with Crippen LogP contribution in [0.1, 0.15) is 29.3 Å². The number of aryl methyl sites for hydroxylation is 1. The molecule has 1 N–H and O–H groups in total. The molecule has 4 heterocycles. The monoisotopic (exact) mass is 327 g/mol. The minimum Gasteiger partial charge on any atom is -0.349 e. The molecular weight excluding hydrogens is 306 g/mol. The summed E-state index contributed by atoms with van der Waals surface area (Å²) in [7, 11) is 2.10. The first kappa shape index (κ1) is 15.2. The van der Waals surface area contributed by atoms with Gasteiger partial charge in [0, 0.05) is 43.4 Å². The first-order valence-electron chi connectivity index (χ1n) is 8.35. The van der Waals surface area contributed by atoms with Crippen LogP contribution in [0.4, 0.5) is 0 Å². The summed E-state index contributed by atoms with van der Waals surface area (Å²) in [6.07, 6.45) is 5.98. The average molecular weight is 327 g/mol. The summed E-state index contributed by atoms with van der Waals surface area (Å²) >= 11 is 0. The lowest BCUT2D eigenvalue weighted by molar-refractivity contribution is -0.126. The Bertz CT molecular complexity index is 757. The Labute approximate surface area is 140 Å². The molecule has 2 aliphatic heterocycles. The van der Waals surface area contributed by atoms with Gasteiger partial charge in [0.05, 0.1) is 19.0 Å². The van der Waals surface area contributed by atoms with Crippen LogP contribution >= 0.6 is 0 Å². The fraction of sp³-hybridized carbons (Fsp3) is 0.562. The third kappa shape index (κ3) is 3.01. The van der Waals surface area contributed by atoms with Crippen molar-refractivity contribution in [1.29, 1.82) is 0 Å². The van der Waals surface area contributed by atoms with Crippen molar-refractivity contribution in [1.82, 2.24) is 34.9 Å². The predicted octanol–water partition coefficient (Wildman–Crippen LogP) is -0.0652. The van der Waals surface area contributed by atoms with E-state index in [1.165, 1.54) is 5.56 Å². The second-order valence-corrected chi connectivity index (χ2v) is 6.56. The first-order valence-corrected chi connectivity index (χ1v) is 8.35. The van der Waals surface area contributed by atoms with Crippen molar-refractivity contribution in [3.05, 3.63) is 35.4 Å². The number of likely N-dealkylation sites (N-methyl/N-ethyl adjacent to an activating group) is 1. The van der Waals surface area contributed by atoms with E-state index in [9.17, 15) is 4.79 Å². The van der Waals surface area contributed by atoms with Gasteiger partial charge in [-0.25, -0.2) is 19.6 Å². The third-order valence-electron chi connectivity index (χ3n) is 4.77. The molecule has 0 bridgehead atoms. The van der Waals surface area contributed by atoms with Gasteiger partial charge in [0.2, 0.25) is 5.91 Å². The molecule has 24 heavy (non-hydrogen) atoms. The van der Waals surface area contributed by atoms with Gasteiger partial charge >= 0.3 is 0 Å². The summed E-state index contributed by atoms with van der Waals surface area (Å²) < 4.78 is 1.82. The molecule has 0 saturated carbocycles. The van der Waals surface area contributed by atoms with Crippen LogP contribution in [-0.2, 0) is 37.3 Å². The SMILES string of the molecule is CN1CCc2nc(CNC(=O)C3CCc4ncnn4C3)ncc2C1. The second kappa shape index (κ2) is 6.27. The van der Waals surface area contributed by atoms with Crippen LogP contribution in [0.15, 0.2) is 12.5 Å². The fourth-order valence-electron chi connectivity index (χ4n) is 3.35. The van der Waals surface area contributed by atoms with Crippen LogP contribution in [-0.4, -0.2) is 49.1 Å². The predicted molar refractivity (Wildman–Crippen MR) is 85.7 cm³/mol. The molecule has 0 aromatic carbocycles. The quantitative estimate of drug-likeness (QED) is 0.849. The van der Waals surface area contributed by atoms with Crippen molar-refractivity contribution in [2.75, 3.05) is 13.6 Å². The zero-order valence-corrected chi connectivity index (χ0v) is 13.8. The smallest absolute Gasteiger partial charge is 0.225 e. The number of amides is 1.